The van der Waals surface area contributed by atoms with Crippen molar-refractivity contribution in [3.05, 3.63) is 65.3 Å². The van der Waals surface area contributed by atoms with E-state index >= 15 is 0 Å². The van der Waals surface area contributed by atoms with Crippen LogP contribution in [0, 0.1) is 5.82 Å². The molecular formula is C21H20FNO4S. The zero-order chi connectivity index (χ0) is 19.3. The number of hydrogen-bond donors (Lipinski definition) is 2. The van der Waals surface area contributed by atoms with Gasteiger partial charge in [0, 0.05) is 34.5 Å². The summed E-state index contributed by atoms with van der Waals surface area (Å²) in [4.78, 5) is 1.96. The van der Waals surface area contributed by atoms with E-state index in [2.05, 4.69) is 5.32 Å². The maximum absolute atomic E-state index is 13.9. The van der Waals surface area contributed by atoms with Crippen LogP contribution in [0.4, 0.5) is 4.39 Å². The standard InChI is InChI=1S/C21H20FNO4S/c22-18-4-2-1-3-17(18)21-8-6-16(28-21)11-23-10-14(24)12-25-15-5-7-19-20(9-15)27-13-26-19/h1-9,14,23-24H,10-13H2. The van der Waals surface area contributed by atoms with E-state index in [1.165, 1.54) is 17.4 Å². The summed E-state index contributed by atoms with van der Waals surface area (Å²) in [7, 11) is 0. The second-order valence-electron chi connectivity index (χ2n) is 6.36. The first-order valence-electron chi connectivity index (χ1n) is 8.94. The first kappa shape index (κ1) is 18.7. The molecule has 2 N–H and O–H groups in total. The molecule has 1 aliphatic heterocycles. The zero-order valence-corrected chi connectivity index (χ0v) is 15.9. The quantitative estimate of drug-likeness (QED) is 0.601. The van der Waals surface area contributed by atoms with Crippen LogP contribution in [0.5, 0.6) is 17.2 Å². The molecule has 2 aromatic carbocycles. The number of ether oxygens (including phenoxy) is 3. The van der Waals surface area contributed by atoms with Crippen molar-refractivity contribution in [3.8, 4) is 27.7 Å². The van der Waals surface area contributed by atoms with Crippen LogP contribution in [0.25, 0.3) is 10.4 Å². The number of aliphatic hydroxyl groups is 1. The minimum atomic E-state index is -0.656. The molecule has 0 aliphatic carbocycles. The fourth-order valence-corrected chi connectivity index (χ4v) is 3.86. The first-order chi connectivity index (χ1) is 13.7. The lowest BCUT2D eigenvalue weighted by atomic mass is 10.2. The van der Waals surface area contributed by atoms with Gasteiger partial charge < -0.3 is 24.6 Å². The Hall–Kier alpha value is -2.61. The van der Waals surface area contributed by atoms with Crippen LogP contribution in [-0.4, -0.2) is 31.2 Å². The fraction of sp³-hybridized carbons (Fsp3) is 0.238. The average Bonchev–Trinajstić information content (AvgIpc) is 3.35. The fourth-order valence-electron chi connectivity index (χ4n) is 2.86. The number of aliphatic hydroxyl groups excluding tert-OH is 1. The number of fused-ring (bicyclic) bond motifs is 1. The molecule has 0 radical (unpaired) electrons. The highest BCUT2D eigenvalue weighted by Crippen LogP contribution is 2.35. The lowest BCUT2D eigenvalue weighted by Crippen LogP contribution is -2.30. The molecule has 0 bridgehead atoms. The van der Waals surface area contributed by atoms with Gasteiger partial charge in [-0.3, -0.25) is 0 Å². The van der Waals surface area contributed by atoms with Crippen LogP contribution in [0.15, 0.2) is 54.6 Å². The van der Waals surface area contributed by atoms with Gasteiger partial charge in [-0.25, -0.2) is 4.39 Å². The van der Waals surface area contributed by atoms with E-state index in [0.717, 1.165) is 9.75 Å². The molecule has 2 heterocycles. The van der Waals surface area contributed by atoms with E-state index in [4.69, 9.17) is 14.2 Å². The summed E-state index contributed by atoms with van der Waals surface area (Å²) in [5.74, 6) is 1.74. The summed E-state index contributed by atoms with van der Waals surface area (Å²) in [6.07, 6.45) is -0.656. The van der Waals surface area contributed by atoms with E-state index in [1.807, 2.05) is 18.2 Å². The maximum atomic E-state index is 13.9. The van der Waals surface area contributed by atoms with Crippen molar-refractivity contribution >= 4 is 11.3 Å². The molecule has 28 heavy (non-hydrogen) atoms. The van der Waals surface area contributed by atoms with Gasteiger partial charge in [0.15, 0.2) is 11.5 Å². The Kier molecular flexibility index (Phi) is 5.76. The minimum Gasteiger partial charge on any atom is -0.491 e. The van der Waals surface area contributed by atoms with Gasteiger partial charge in [0.2, 0.25) is 6.79 Å². The van der Waals surface area contributed by atoms with Gasteiger partial charge in [-0.15, -0.1) is 11.3 Å². The van der Waals surface area contributed by atoms with Gasteiger partial charge in [0.05, 0.1) is 0 Å². The van der Waals surface area contributed by atoms with Crippen LogP contribution >= 0.6 is 11.3 Å². The van der Waals surface area contributed by atoms with Gasteiger partial charge in [0.25, 0.3) is 0 Å². The summed E-state index contributed by atoms with van der Waals surface area (Å²) in [6.45, 7) is 1.36. The molecule has 4 rings (SSSR count). The molecule has 5 nitrogen and oxygen atoms in total. The monoisotopic (exact) mass is 401 g/mol. The summed E-state index contributed by atoms with van der Waals surface area (Å²) in [6, 6.07) is 15.9. The number of nitrogens with one attached hydrogen (secondary N) is 1. The largest absolute Gasteiger partial charge is 0.491 e. The molecule has 0 amide bonds. The topological polar surface area (TPSA) is 60.0 Å². The number of hydrogen-bond acceptors (Lipinski definition) is 6. The Morgan fingerprint density at radius 1 is 1.11 bits per heavy atom. The predicted molar refractivity (Wildman–Crippen MR) is 105 cm³/mol. The molecule has 7 heteroatoms. The Labute approximate surface area is 166 Å². The molecular weight excluding hydrogens is 381 g/mol. The second kappa shape index (κ2) is 8.60. The normalized spacial score (nSPS) is 13.5. The van der Waals surface area contributed by atoms with Crippen LogP contribution < -0.4 is 19.5 Å². The van der Waals surface area contributed by atoms with Gasteiger partial charge >= 0.3 is 0 Å². The van der Waals surface area contributed by atoms with Gasteiger partial charge in [0.1, 0.15) is 24.3 Å². The highest BCUT2D eigenvalue weighted by molar-refractivity contribution is 7.15. The van der Waals surface area contributed by atoms with Crippen LogP contribution in [0.1, 0.15) is 4.88 Å². The molecule has 3 aromatic rings. The number of thiophene rings is 1. The molecule has 0 fully saturated rings. The highest BCUT2D eigenvalue weighted by Gasteiger charge is 2.14. The van der Waals surface area contributed by atoms with Crippen LogP contribution in [0.2, 0.25) is 0 Å². The third-order valence-corrected chi connectivity index (χ3v) is 5.39. The zero-order valence-electron chi connectivity index (χ0n) is 15.1. The molecule has 0 saturated heterocycles. The van der Waals surface area contributed by atoms with Crippen LogP contribution in [-0.2, 0) is 6.54 Å². The van der Waals surface area contributed by atoms with E-state index in [9.17, 15) is 9.50 Å². The Balaban J connectivity index is 1.22. The number of rotatable bonds is 8. The summed E-state index contributed by atoms with van der Waals surface area (Å²) in [5, 5.41) is 13.3. The Morgan fingerprint density at radius 2 is 1.96 bits per heavy atom. The van der Waals surface area contributed by atoms with E-state index in [1.54, 1.807) is 30.3 Å². The van der Waals surface area contributed by atoms with E-state index in [-0.39, 0.29) is 19.2 Å². The predicted octanol–water partition coefficient (Wildman–Crippen LogP) is 3.81. The van der Waals surface area contributed by atoms with Crippen molar-refractivity contribution in [2.75, 3.05) is 19.9 Å². The molecule has 0 spiro atoms. The van der Waals surface area contributed by atoms with Gasteiger partial charge in [-0.05, 0) is 30.3 Å². The van der Waals surface area contributed by atoms with E-state index < -0.39 is 6.10 Å². The number of halogens is 1. The SMILES string of the molecule is OC(CNCc1ccc(-c2ccccc2F)s1)COc1ccc2c(c1)OCO2. The molecule has 146 valence electrons. The average molecular weight is 401 g/mol. The summed E-state index contributed by atoms with van der Waals surface area (Å²) < 4.78 is 30.0. The van der Waals surface area contributed by atoms with Gasteiger partial charge in [-0.2, -0.15) is 0 Å². The first-order valence-corrected chi connectivity index (χ1v) is 9.75. The maximum Gasteiger partial charge on any atom is 0.231 e. The molecule has 1 atom stereocenters. The second-order valence-corrected chi connectivity index (χ2v) is 7.52. The summed E-state index contributed by atoms with van der Waals surface area (Å²) >= 11 is 1.53. The third kappa shape index (κ3) is 4.44. The summed E-state index contributed by atoms with van der Waals surface area (Å²) in [5.41, 5.74) is 0.607. The smallest absolute Gasteiger partial charge is 0.231 e. The van der Waals surface area contributed by atoms with Crippen molar-refractivity contribution in [3.63, 3.8) is 0 Å². The Bertz CT molecular complexity index is 946. The van der Waals surface area contributed by atoms with Crippen molar-refractivity contribution in [1.29, 1.82) is 0 Å². The van der Waals surface area contributed by atoms with Crippen LogP contribution in [0.3, 0.4) is 0 Å². The van der Waals surface area contributed by atoms with Crippen molar-refractivity contribution in [2.45, 2.75) is 12.6 Å². The van der Waals surface area contributed by atoms with Crippen molar-refractivity contribution in [1.82, 2.24) is 5.32 Å². The van der Waals surface area contributed by atoms with Gasteiger partial charge in [-0.1, -0.05) is 18.2 Å². The van der Waals surface area contributed by atoms with Crippen molar-refractivity contribution < 1.29 is 23.7 Å². The minimum absolute atomic E-state index is 0.164. The Morgan fingerprint density at radius 3 is 2.86 bits per heavy atom. The number of benzene rings is 2. The molecule has 1 unspecified atom stereocenters. The third-order valence-electron chi connectivity index (χ3n) is 4.27. The highest BCUT2D eigenvalue weighted by atomic mass is 32.1. The molecule has 0 saturated carbocycles. The molecule has 1 aromatic heterocycles. The molecule has 1 aliphatic rings. The van der Waals surface area contributed by atoms with Crippen molar-refractivity contribution in [2.24, 2.45) is 0 Å². The lowest BCUT2D eigenvalue weighted by molar-refractivity contribution is 0.106. The van der Waals surface area contributed by atoms with E-state index in [0.29, 0.717) is 35.9 Å². The lowest BCUT2D eigenvalue weighted by Gasteiger charge is -2.13.